The lowest BCUT2D eigenvalue weighted by molar-refractivity contribution is -0.182. The Morgan fingerprint density at radius 3 is 2.65 bits per heavy atom. The highest BCUT2D eigenvalue weighted by molar-refractivity contribution is 7.16. The molecule has 1 fully saturated rings. The van der Waals surface area contributed by atoms with Crippen molar-refractivity contribution in [2.24, 2.45) is 0 Å². The van der Waals surface area contributed by atoms with Gasteiger partial charge in [0.25, 0.3) is 0 Å². The van der Waals surface area contributed by atoms with Crippen LogP contribution in [0.2, 0.25) is 0 Å². The van der Waals surface area contributed by atoms with Crippen LogP contribution in [0.5, 0.6) is 0 Å². The number of hydrogen-bond acceptors (Lipinski definition) is 5. The Labute approximate surface area is 140 Å². The summed E-state index contributed by atoms with van der Waals surface area (Å²) in [5.74, 6) is -0.150. The maximum atomic E-state index is 12.2. The number of nitrogens with one attached hydrogen (secondary N) is 1. The summed E-state index contributed by atoms with van der Waals surface area (Å²) in [4.78, 5) is 13.5. The number of carbonyl (C=O) groups excluding carboxylic acids is 1. The molecule has 2 aliphatic rings. The number of ether oxygens (including phenoxy) is 2. The fraction of sp³-hybridized carbons (Fsp3) is 0.647. The van der Waals surface area contributed by atoms with E-state index in [1.807, 2.05) is 0 Å². The molecule has 0 saturated carbocycles. The molecule has 23 heavy (non-hydrogen) atoms. The molecule has 0 unspecified atom stereocenters. The number of nitrogens with zero attached hydrogens (tertiary/aromatic N) is 1. The molecule has 0 radical (unpaired) electrons. The number of nitriles is 1. The number of fused-ring (bicyclic) bond motifs is 1. The topological polar surface area (TPSA) is 71.4 Å². The summed E-state index contributed by atoms with van der Waals surface area (Å²) in [6.45, 7) is 1.27. The van der Waals surface area contributed by atoms with Crippen molar-refractivity contribution < 1.29 is 14.3 Å². The molecule has 0 bridgehead atoms. The van der Waals surface area contributed by atoms with E-state index >= 15 is 0 Å². The number of thiophene rings is 1. The van der Waals surface area contributed by atoms with Crippen LogP contribution in [0.1, 0.15) is 54.5 Å². The third-order valence-corrected chi connectivity index (χ3v) is 5.49. The second-order valence-corrected chi connectivity index (χ2v) is 7.12. The summed E-state index contributed by atoms with van der Waals surface area (Å²) < 4.78 is 10.8. The van der Waals surface area contributed by atoms with E-state index in [1.54, 1.807) is 11.3 Å². The lowest BCUT2D eigenvalue weighted by Gasteiger charge is -2.22. The molecule has 124 valence electrons. The van der Waals surface area contributed by atoms with Gasteiger partial charge in [0.15, 0.2) is 6.29 Å². The minimum Gasteiger partial charge on any atom is -0.352 e. The van der Waals surface area contributed by atoms with Gasteiger partial charge in [-0.15, -0.1) is 11.3 Å². The maximum absolute atomic E-state index is 12.2. The van der Waals surface area contributed by atoms with Crippen molar-refractivity contribution >= 4 is 22.2 Å². The standard InChI is InChI=1S/C17H22N2O3S/c18-11-13-12-6-3-1-2-4-7-14(12)23-17(13)19-15(20)10-16-21-8-5-9-22-16/h16H,1-10H2,(H,19,20). The van der Waals surface area contributed by atoms with Crippen molar-refractivity contribution in [2.75, 3.05) is 18.5 Å². The first-order valence-electron chi connectivity index (χ1n) is 8.35. The van der Waals surface area contributed by atoms with Gasteiger partial charge in [0.2, 0.25) is 5.91 Å². The van der Waals surface area contributed by atoms with Gasteiger partial charge < -0.3 is 14.8 Å². The van der Waals surface area contributed by atoms with Gasteiger partial charge in [-0.1, -0.05) is 12.8 Å². The summed E-state index contributed by atoms with van der Waals surface area (Å²) in [7, 11) is 0. The zero-order chi connectivity index (χ0) is 16.1. The summed E-state index contributed by atoms with van der Waals surface area (Å²) in [5.41, 5.74) is 1.81. The predicted octanol–water partition coefficient (Wildman–Crippen LogP) is 3.37. The smallest absolute Gasteiger partial charge is 0.230 e. The summed E-state index contributed by atoms with van der Waals surface area (Å²) in [5, 5.41) is 13.1. The Balaban J connectivity index is 1.70. The molecule has 1 aromatic rings. The van der Waals surface area contributed by atoms with E-state index in [9.17, 15) is 10.1 Å². The molecule has 1 amide bonds. The fourth-order valence-electron chi connectivity index (χ4n) is 3.11. The minimum atomic E-state index is -0.463. The van der Waals surface area contributed by atoms with Gasteiger partial charge in [-0.25, -0.2) is 0 Å². The van der Waals surface area contributed by atoms with Crippen molar-refractivity contribution in [3.8, 4) is 6.07 Å². The number of anilines is 1. The van der Waals surface area contributed by atoms with Crippen LogP contribution in [-0.4, -0.2) is 25.4 Å². The van der Waals surface area contributed by atoms with E-state index in [4.69, 9.17) is 9.47 Å². The number of rotatable bonds is 3. The van der Waals surface area contributed by atoms with Crippen LogP contribution in [0.25, 0.3) is 0 Å². The number of carbonyl (C=O) groups is 1. The van der Waals surface area contributed by atoms with E-state index in [2.05, 4.69) is 11.4 Å². The van der Waals surface area contributed by atoms with Gasteiger partial charge in [0, 0.05) is 4.88 Å². The van der Waals surface area contributed by atoms with Gasteiger partial charge in [-0.2, -0.15) is 5.26 Å². The molecular weight excluding hydrogens is 312 g/mol. The third kappa shape index (κ3) is 4.11. The Bertz CT molecular complexity index is 600. The third-order valence-electron chi connectivity index (χ3n) is 4.28. The van der Waals surface area contributed by atoms with E-state index in [-0.39, 0.29) is 12.3 Å². The quantitative estimate of drug-likeness (QED) is 0.920. The normalized spacial score (nSPS) is 19.3. The molecule has 1 aliphatic heterocycles. The molecule has 1 N–H and O–H groups in total. The van der Waals surface area contributed by atoms with Crippen LogP contribution in [0.15, 0.2) is 0 Å². The van der Waals surface area contributed by atoms with Gasteiger partial charge in [-0.3, -0.25) is 4.79 Å². The lowest BCUT2D eigenvalue weighted by atomic mass is 9.97. The fourth-order valence-corrected chi connectivity index (χ4v) is 4.37. The van der Waals surface area contributed by atoms with Crippen molar-refractivity contribution in [3.63, 3.8) is 0 Å². The molecule has 0 aromatic carbocycles. The molecule has 0 atom stereocenters. The zero-order valence-corrected chi connectivity index (χ0v) is 14.0. The Morgan fingerprint density at radius 1 is 1.17 bits per heavy atom. The van der Waals surface area contributed by atoms with Gasteiger partial charge in [0.1, 0.15) is 11.1 Å². The molecule has 6 heteroatoms. The Kier molecular flexibility index (Phi) is 5.65. The van der Waals surface area contributed by atoms with Gasteiger partial charge >= 0.3 is 0 Å². The van der Waals surface area contributed by atoms with Gasteiger partial charge in [0.05, 0.1) is 25.2 Å². The first-order valence-corrected chi connectivity index (χ1v) is 9.17. The van der Waals surface area contributed by atoms with Crippen LogP contribution < -0.4 is 5.32 Å². The Morgan fingerprint density at radius 2 is 1.91 bits per heavy atom. The maximum Gasteiger partial charge on any atom is 0.230 e. The highest BCUT2D eigenvalue weighted by Crippen LogP contribution is 2.36. The van der Waals surface area contributed by atoms with Crippen molar-refractivity contribution in [1.82, 2.24) is 0 Å². The highest BCUT2D eigenvalue weighted by atomic mass is 32.1. The molecule has 5 nitrogen and oxygen atoms in total. The second-order valence-electron chi connectivity index (χ2n) is 6.01. The molecular formula is C17H22N2O3S. The van der Waals surface area contributed by atoms with Crippen LogP contribution >= 0.6 is 11.3 Å². The summed E-state index contributed by atoms with van der Waals surface area (Å²) in [6, 6.07) is 2.29. The minimum absolute atomic E-state index is 0.150. The SMILES string of the molecule is N#Cc1c(NC(=O)CC2OCCCO2)sc2c1CCCCCC2. The van der Waals surface area contributed by atoms with Crippen LogP contribution in [0, 0.1) is 11.3 Å². The Hall–Kier alpha value is -1.42. The largest absolute Gasteiger partial charge is 0.352 e. The van der Waals surface area contributed by atoms with E-state index in [1.165, 1.54) is 17.7 Å². The molecule has 2 heterocycles. The van der Waals surface area contributed by atoms with Crippen LogP contribution in [0.3, 0.4) is 0 Å². The van der Waals surface area contributed by atoms with Crippen LogP contribution in [-0.2, 0) is 27.1 Å². The van der Waals surface area contributed by atoms with E-state index < -0.39 is 6.29 Å². The lowest BCUT2D eigenvalue weighted by Crippen LogP contribution is -2.29. The van der Waals surface area contributed by atoms with E-state index in [0.717, 1.165) is 37.7 Å². The van der Waals surface area contributed by atoms with Crippen molar-refractivity contribution in [2.45, 2.75) is 57.7 Å². The highest BCUT2D eigenvalue weighted by Gasteiger charge is 2.23. The molecule has 0 spiro atoms. The monoisotopic (exact) mass is 334 g/mol. The van der Waals surface area contributed by atoms with Crippen molar-refractivity contribution in [3.05, 3.63) is 16.0 Å². The number of hydrogen-bond donors (Lipinski definition) is 1. The zero-order valence-electron chi connectivity index (χ0n) is 13.2. The van der Waals surface area contributed by atoms with Crippen molar-refractivity contribution in [1.29, 1.82) is 5.26 Å². The van der Waals surface area contributed by atoms with Crippen LogP contribution in [0.4, 0.5) is 5.00 Å². The second kappa shape index (κ2) is 7.91. The first kappa shape index (κ1) is 16.4. The summed E-state index contributed by atoms with van der Waals surface area (Å²) >= 11 is 1.56. The first-order chi connectivity index (χ1) is 11.3. The molecule has 1 aliphatic carbocycles. The molecule has 3 rings (SSSR count). The summed E-state index contributed by atoms with van der Waals surface area (Å²) in [6.07, 6.45) is 7.29. The number of aryl methyl sites for hydroxylation is 1. The number of amides is 1. The van der Waals surface area contributed by atoms with E-state index in [0.29, 0.717) is 23.8 Å². The molecule has 1 aromatic heterocycles. The predicted molar refractivity (Wildman–Crippen MR) is 88.5 cm³/mol. The molecule has 1 saturated heterocycles. The van der Waals surface area contributed by atoms with Gasteiger partial charge in [-0.05, 0) is 37.7 Å². The average molecular weight is 334 g/mol. The average Bonchev–Trinajstić information content (AvgIpc) is 2.84.